The van der Waals surface area contributed by atoms with Crippen LogP contribution >= 0.6 is 0 Å². The predicted molar refractivity (Wildman–Crippen MR) is 64.2 cm³/mol. The van der Waals surface area contributed by atoms with Crippen molar-refractivity contribution in [3.63, 3.8) is 0 Å². The molecule has 2 atom stereocenters. The maximum atomic E-state index is 10.1. The molecular formula is C13H24O3. The molecule has 0 saturated carbocycles. The molecule has 3 nitrogen and oxygen atoms in total. The maximum absolute atomic E-state index is 10.1. The number of methoxy groups -OCH3 is 1. The first-order chi connectivity index (χ1) is 7.47. The number of ether oxygens (including phenoxy) is 2. The molecule has 0 bridgehead atoms. The van der Waals surface area contributed by atoms with Gasteiger partial charge in [-0.15, -0.1) is 0 Å². The zero-order valence-electron chi connectivity index (χ0n) is 11.0. The fraction of sp³-hybridized carbons (Fsp3) is 0.846. The van der Waals surface area contributed by atoms with E-state index in [1.54, 1.807) is 7.11 Å². The fourth-order valence-electron chi connectivity index (χ4n) is 2.07. The zero-order valence-corrected chi connectivity index (χ0v) is 11.0. The minimum Gasteiger partial charge on any atom is -0.492 e. The third-order valence-electron chi connectivity index (χ3n) is 3.17. The van der Waals surface area contributed by atoms with Crippen molar-refractivity contribution < 1.29 is 14.6 Å². The number of aliphatic hydroxyl groups is 1. The van der Waals surface area contributed by atoms with Gasteiger partial charge in [0.15, 0.2) is 5.60 Å². The highest BCUT2D eigenvalue weighted by Crippen LogP contribution is 2.44. The standard InChI is InChI=1S/C13H24O3/c1-6-7-8-10-11(14)13(4,15-5)12(10)16-9(2)3/h9,11,14H,6-8H2,1-5H3. The summed E-state index contributed by atoms with van der Waals surface area (Å²) in [6.07, 6.45) is 2.71. The van der Waals surface area contributed by atoms with E-state index >= 15 is 0 Å². The zero-order chi connectivity index (χ0) is 12.3. The highest BCUT2D eigenvalue weighted by atomic mass is 16.6. The van der Waals surface area contributed by atoms with Crippen LogP contribution in [0.25, 0.3) is 0 Å². The molecular weight excluding hydrogens is 204 g/mol. The lowest BCUT2D eigenvalue weighted by Gasteiger charge is -2.46. The fourth-order valence-corrected chi connectivity index (χ4v) is 2.07. The Bertz CT molecular complexity index is 270. The summed E-state index contributed by atoms with van der Waals surface area (Å²) < 4.78 is 11.1. The minimum atomic E-state index is -0.645. The number of unbranched alkanes of at least 4 members (excludes halogenated alkanes) is 1. The summed E-state index contributed by atoms with van der Waals surface area (Å²) in [5.41, 5.74) is 0.368. The summed E-state index contributed by atoms with van der Waals surface area (Å²) in [5, 5.41) is 10.1. The maximum Gasteiger partial charge on any atom is 0.151 e. The summed E-state index contributed by atoms with van der Waals surface area (Å²) in [6.45, 7) is 8.01. The average molecular weight is 228 g/mol. The van der Waals surface area contributed by atoms with Gasteiger partial charge < -0.3 is 14.6 Å². The van der Waals surface area contributed by atoms with E-state index in [1.165, 1.54) is 0 Å². The van der Waals surface area contributed by atoms with E-state index in [1.807, 2.05) is 20.8 Å². The Labute approximate surface area is 98.4 Å². The quantitative estimate of drug-likeness (QED) is 0.759. The van der Waals surface area contributed by atoms with E-state index in [2.05, 4.69) is 6.92 Å². The van der Waals surface area contributed by atoms with Crippen LogP contribution in [0.5, 0.6) is 0 Å². The van der Waals surface area contributed by atoms with Crippen molar-refractivity contribution >= 4 is 0 Å². The van der Waals surface area contributed by atoms with Crippen LogP contribution in [0, 0.1) is 0 Å². The summed E-state index contributed by atoms with van der Waals surface area (Å²) >= 11 is 0. The van der Waals surface area contributed by atoms with Crippen molar-refractivity contribution in [2.75, 3.05) is 7.11 Å². The molecule has 0 aromatic rings. The van der Waals surface area contributed by atoms with Crippen LogP contribution < -0.4 is 0 Å². The van der Waals surface area contributed by atoms with Crippen LogP contribution in [0.3, 0.4) is 0 Å². The first kappa shape index (κ1) is 13.5. The van der Waals surface area contributed by atoms with Crippen LogP contribution in [-0.4, -0.2) is 30.0 Å². The summed E-state index contributed by atoms with van der Waals surface area (Å²) in [4.78, 5) is 0. The van der Waals surface area contributed by atoms with Gasteiger partial charge in [-0.1, -0.05) is 13.3 Å². The normalized spacial score (nSPS) is 29.6. The molecule has 0 saturated heterocycles. The molecule has 0 heterocycles. The molecule has 3 heteroatoms. The first-order valence-corrected chi connectivity index (χ1v) is 6.10. The monoisotopic (exact) mass is 228 g/mol. The molecule has 0 amide bonds. The van der Waals surface area contributed by atoms with Gasteiger partial charge in [-0.25, -0.2) is 0 Å². The highest BCUT2D eigenvalue weighted by Gasteiger charge is 2.52. The van der Waals surface area contributed by atoms with Gasteiger partial charge in [-0.2, -0.15) is 0 Å². The van der Waals surface area contributed by atoms with Gasteiger partial charge in [0.2, 0.25) is 0 Å². The third kappa shape index (κ3) is 2.25. The number of hydrogen-bond donors (Lipinski definition) is 1. The molecule has 16 heavy (non-hydrogen) atoms. The molecule has 94 valence electrons. The van der Waals surface area contributed by atoms with Crippen LogP contribution in [-0.2, 0) is 9.47 Å². The van der Waals surface area contributed by atoms with E-state index in [9.17, 15) is 5.11 Å². The molecule has 0 spiro atoms. The van der Waals surface area contributed by atoms with Gasteiger partial charge in [0, 0.05) is 12.7 Å². The number of aliphatic hydroxyl groups excluding tert-OH is 1. The van der Waals surface area contributed by atoms with Crippen molar-refractivity contribution in [1.29, 1.82) is 0 Å². The Morgan fingerprint density at radius 3 is 2.50 bits per heavy atom. The lowest BCUT2D eigenvalue weighted by Crippen LogP contribution is -2.54. The van der Waals surface area contributed by atoms with E-state index in [0.717, 1.165) is 30.6 Å². The molecule has 1 aliphatic rings. The van der Waals surface area contributed by atoms with E-state index < -0.39 is 11.7 Å². The molecule has 0 aliphatic heterocycles. The molecule has 0 radical (unpaired) electrons. The summed E-state index contributed by atoms with van der Waals surface area (Å²) in [7, 11) is 1.61. The van der Waals surface area contributed by atoms with Gasteiger partial charge in [-0.3, -0.25) is 0 Å². The smallest absolute Gasteiger partial charge is 0.151 e. The minimum absolute atomic E-state index is 0.119. The Kier molecular flexibility index (Phi) is 4.39. The van der Waals surface area contributed by atoms with E-state index in [-0.39, 0.29) is 6.10 Å². The Morgan fingerprint density at radius 1 is 1.44 bits per heavy atom. The lowest BCUT2D eigenvalue weighted by molar-refractivity contribution is -0.122. The molecule has 0 aromatic carbocycles. The Morgan fingerprint density at radius 2 is 2.06 bits per heavy atom. The van der Waals surface area contributed by atoms with Crippen LogP contribution in [0.2, 0.25) is 0 Å². The Hall–Kier alpha value is -0.540. The van der Waals surface area contributed by atoms with Gasteiger partial charge in [0.1, 0.15) is 11.9 Å². The van der Waals surface area contributed by atoms with Crippen molar-refractivity contribution in [2.45, 2.75) is 64.8 Å². The second kappa shape index (κ2) is 5.19. The summed E-state index contributed by atoms with van der Waals surface area (Å²) in [5.74, 6) is 0.839. The Balaban J connectivity index is 2.84. The van der Waals surface area contributed by atoms with Crippen molar-refractivity contribution in [1.82, 2.24) is 0 Å². The number of hydrogen-bond acceptors (Lipinski definition) is 3. The molecule has 0 fully saturated rings. The van der Waals surface area contributed by atoms with Crippen LogP contribution in [0.4, 0.5) is 0 Å². The van der Waals surface area contributed by atoms with Gasteiger partial charge in [0.05, 0.1) is 6.10 Å². The second-order valence-electron chi connectivity index (χ2n) is 4.84. The second-order valence-corrected chi connectivity index (χ2v) is 4.84. The molecule has 2 unspecified atom stereocenters. The first-order valence-electron chi connectivity index (χ1n) is 6.10. The van der Waals surface area contributed by atoms with Crippen molar-refractivity contribution in [2.24, 2.45) is 0 Å². The van der Waals surface area contributed by atoms with Crippen LogP contribution in [0.1, 0.15) is 47.0 Å². The SMILES string of the molecule is CCCCC1=C(OC(C)C)C(C)(OC)C1O. The largest absolute Gasteiger partial charge is 0.492 e. The summed E-state index contributed by atoms with van der Waals surface area (Å²) in [6, 6.07) is 0. The van der Waals surface area contributed by atoms with Gasteiger partial charge in [-0.05, 0) is 33.6 Å². The lowest BCUT2D eigenvalue weighted by atomic mass is 9.75. The molecule has 1 rings (SSSR count). The average Bonchev–Trinajstić information content (AvgIpc) is 2.26. The van der Waals surface area contributed by atoms with Crippen LogP contribution in [0.15, 0.2) is 11.3 Å². The topological polar surface area (TPSA) is 38.7 Å². The predicted octanol–water partition coefficient (Wildman–Crippen LogP) is 2.64. The third-order valence-corrected chi connectivity index (χ3v) is 3.17. The van der Waals surface area contributed by atoms with Crippen molar-refractivity contribution in [3.05, 3.63) is 11.3 Å². The number of rotatable bonds is 6. The highest BCUT2D eigenvalue weighted by molar-refractivity contribution is 5.38. The molecule has 1 aliphatic carbocycles. The van der Waals surface area contributed by atoms with Crippen molar-refractivity contribution in [3.8, 4) is 0 Å². The molecule has 1 N–H and O–H groups in total. The van der Waals surface area contributed by atoms with Gasteiger partial charge in [0.25, 0.3) is 0 Å². The molecule has 0 aromatic heterocycles. The van der Waals surface area contributed by atoms with E-state index in [4.69, 9.17) is 9.47 Å². The van der Waals surface area contributed by atoms with E-state index in [0.29, 0.717) is 0 Å². The van der Waals surface area contributed by atoms with Gasteiger partial charge >= 0.3 is 0 Å².